The maximum atomic E-state index is 12.8. The van der Waals surface area contributed by atoms with Gasteiger partial charge in [0, 0.05) is 6.54 Å². The minimum atomic E-state index is -0.163. The van der Waals surface area contributed by atoms with Crippen LogP contribution in [-0.2, 0) is 0 Å². The zero-order chi connectivity index (χ0) is 18.0. The Balaban J connectivity index is 1.83. The number of hydrogen-bond acceptors (Lipinski definition) is 3. The molecule has 2 aromatic rings. The highest BCUT2D eigenvalue weighted by Crippen LogP contribution is 2.26. The van der Waals surface area contributed by atoms with Gasteiger partial charge in [-0.2, -0.15) is 5.10 Å². The van der Waals surface area contributed by atoms with E-state index in [1.165, 1.54) is 0 Å². The lowest BCUT2D eigenvalue weighted by molar-refractivity contribution is 0.0811. The van der Waals surface area contributed by atoms with Gasteiger partial charge in [-0.05, 0) is 44.7 Å². The molecule has 6 nitrogen and oxygen atoms in total. The zero-order valence-electron chi connectivity index (χ0n) is 15.1. The lowest BCUT2D eigenvalue weighted by Gasteiger charge is -2.38. The van der Waals surface area contributed by atoms with Crippen molar-refractivity contribution in [2.75, 3.05) is 18.5 Å². The molecule has 2 atom stereocenters. The van der Waals surface area contributed by atoms with E-state index in [1.54, 1.807) is 4.90 Å². The molecular formula is C19H26N4O2. The fraction of sp³-hybridized carbons (Fsp3) is 0.474. The van der Waals surface area contributed by atoms with Crippen LogP contribution in [0.4, 0.5) is 10.5 Å². The van der Waals surface area contributed by atoms with E-state index in [-0.39, 0.29) is 18.7 Å². The Labute approximate surface area is 148 Å². The van der Waals surface area contributed by atoms with Gasteiger partial charge in [-0.15, -0.1) is 0 Å². The van der Waals surface area contributed by atoms with Crippen molar-refractivity contribution in [1.29, 1.82) is 0 Å². The summed E-state index contributed by atoms with van der Waals surface area (Å²) in [6.07, 6.45) is 2.01. The van der Waals surface area contributed by atoms with Crippen molar-refractivity contribution in [2.45, 2.75) is 39.7 Å². The average molecular weight is 342 g/mol. The number of nitrogens with one attached hydrogen (secondary N) is 1. The number of rotatable bonds is 3. The third kappa shape index (κ3) is 3.39. The van der Waals surface area contributed by atoms with Crippen LogP contribution < -0.4 is 5.32 Å². The van der Waals surface area contributed by atoms with Crippen molar-refractivity contribution in [3.63, 3.8) is 0 Å². The summed E-state index contributed by atoms with van der Waals surface area (Å²) in [6.45, 7) is 6.60. The second-order valence-electron chi connectivity index (χ2n) is 6.79. The van der Waals surface area contributed by atoms with Gasteiger partial charge in [-0.25, -0.2) is 9.48 Å². The topological polar surface area (TPSA) is 70.4 Å². The number of aromatic nitrogens is 2. The standard InChI is InChI=1S/C19H26N4O2/c1-13-8-7-11-22(17(13)12-24)19(25)20-18-14(2)21-23(15(18)3)16-9-5-4-6-10-16/h4-6,9-10,13,17,24H,7-8,11-12H2,1-3H3,(H,20,25). The summed E-state index contributed by atoms with van der Waals surface area (Å²) >= 11 is 0. The second-order valence-corrected chi connectivity index (χ2v) is 6.79. The zero-order valence-corrected chi connectivity index (χ0v) is 15.1. The molecule has 134 valence electrons. The van der Waals surface area contributed by atoms with E-state index in [0.29, 0.717) is 12.5 Å². The Morgan fingerprint density at radius 3 is 2.72 bits per heavy atom. The van der Waals surface area contributed by atoms with Crippen molar-refractivity contribution in [3.8, 4) is 5.69 Å². The molecule has 6 heteroatoms. The molecule has 2 unspecified atom stereocenters. The molecule has 0 radical (unpaired) electrons. The summed E-state index contributed by atoms with van der Waals surface area (Å²) in [5, 5.41) is 17.3. The number of piperidine rings is 1. The van der Waals surface area contributed by atoms with Gasteiger partial charge in [0.2, 0.25) is 0 Å². The largest absolute Gasteiger partial charge is 0.394 e. The van der Waals surface area contributed by atoms with E-state index >= 15 is 0 Å². The number of aryl methyl sites for hydroxylation is 1. The van der Waals surface area contributed by atoms with E-state index in [9.17, 15) is 9.90 Å². The van der Waals surface area contributed by atoms with E-state index < -0.39 is 0 Å². The Bertz CT molecular complexity index is 741. The monoisotopic (exact) mass is 342 g/mol. The normalized spacial score (nSPS) is 20.6. The summed E-state index contributed by atoms with van der Waals surface area (Å²) in [4.78, 5) is 14.6. The third-order valence-corrected chi connectivity index (χ3v) is 5.09. The number of hydrogen-bond donors (Lipinski definition) is 2. The van der Waals surface area contributed by atoms with Gasteiger partial charge in [-0.3, -0.25) is 0 Å². The maximum absolute atomic E-state index is 12.8. The molecule has 2 N–H and O–H groups in total. The van der Waals surface area contributed by atoms with Crippen molar-refractivity contribution < 1.29 is 9.90 Å². The molecule has 25 heavy (non-hydrogen) atoms. The lowest BCUT2D eigenvalue weighted by Crippen LogP contribution is -2.51. The number of amides is 2. The van der Waals surface area contributed by atoms with Crippen LogP contribution in [0, 0.1) is 19.8 Å². The number of carbonyl (C=O) groups is 1. The van der Waals surface area contributed by atoms with Gasteiger partial charge in [0.1, 0.15) is 0 Å². The first-order valence-electron chi connectivity index (χ1n) is 8.83. The molecule has 0 spiro atoms. The fourth-order valence-corrected chi connectivity index (χ4v) is 3.60. The van der Waals surface area contributed by atoms with Gasteiger partial charge in [-0.1, -0.05) is 25.1 Å². The quantitative estimate of drug-likeness (QED) is 0.900. The maximum Gasteiger partial charge on any atom is 0.322 e. The summed E-state index contributed by atoms with van der Waals surface area (Å²) in [7, 11) is 0. The van der Waals surface area contributed by atoms with Crippen LogP contribution >= 0.6 is 0 Å². The highest BCUT2D eigenvalue weighted by Gasteiger charge is 2.32. The first-order chi connectivity index (χ1) is 12.0. The molecule has 1 fully saturated rings. The van der Waals surface area contributed by atoms with Crippen molar-refractivity contribution >= 4 is 11.7 Å². The molecule has 1 saturated heterocycles. The predicted octanol–water partition coefficient (Wildman–Crippen LogP) is 3.11. The Hall–Kier alpha value is -2.34. The molecular weight excluding hydrogens is 316 g/mol. The van der Waals surface area contributed by atoms with Gasteiger partial charge < -0.3 is 15.3 Å². The van der Waals surface area contributed by atoms with E-state index in [4.69, 9.17) is 0 Å². The molecule has 0 bridgehead atoms. The molecule has 1 aromatic carbocycles. The van der Waals surface area contributed by atoms with Crippen LogP contribution in [0.15, 0.2) is 30.3 Å². The van der Waals surface area contributed by atoms with Gasteiger partial charge in [0.05, 0.1) is 35.4 Å². The van der Waals surface area contributed by atoms with Crippen LogP contribution in [0.2, 0.25) is 0 Å². The van der Waals surface area contributed by atoms with E-state index in [1.807, 2.05) is 48.9 Å². The minimum Gasteiger partial charge on any atom is -0.394 e. The second kappa shape index (κ2) is 7.27. The molecule has 3 rings (SSSR count). The molecule has 1 aliphatic heterocycles. The SMILES string of the molecule is Cc1nn(-c2ccccc2)c(C)c1NC(=O)N1CCCC(C)C1CO. The molecule has 1 aliphatic rings. The number of aliphatic hydroxyl groups is 1. The first-order valence-corrected chi connectivity index (χ1v) is 8.83. The molecule has 0 aliphatic carbocycles. The Morgan fingerprint density at radius 1 is 1.32 bits per heavy atom. The van der Waals surface area contributed by atoms with Gasteiger partial charge >= 0.3 is 6.03 Å². The highest BCUT2D eigenvalue weighted by atomic mass is 16.3. The third-order valence-electron chi connectivity index (χ3n) is 5.09. The van der Waals surface area contributed by atoms with Gasteiger partial charge in [0.25, 0.3) is 0 Å². The number of carbonyl (C=O) groups excluding carboxylic acids is 1. The van der Waals surface area contributed by atoms with E-state index in [0.717, 1.165) is 35.6 Å². The molecule has 2 heterocycles. The van der Waals surface area contributed by atoms with Crippen LogP contribution in [0.5, 0.6) is 0 Å². The first kappa shape index (κ1) is 17.5. The van der Waals surface area contributed by atoms with E-state index in [2.05, 4.69) is 17.3 Å². The molecule has 0 saturated carbocycles. The van der Waals surface area contributed by atoms with Crippen LogP contribution in [0.1, 0.15) is 31.2 Å². The number of anilines is 1. The Kier molecular flexibility index (Phi) is 5.08. The number of aliphatic hydroxyl groups excluding tert-OH is 1. The fourth-order valence-electron chi connectivity index (χ4n) is 3.60. The lowest BCUT2D eigenvalue weighted by atomic mass is 9.91. The van der Waals surface area contributed by atoms with Crippen LogP contribution in [-0.4, -0.2) is 45.0 Å². The van der Waals surface area contributed by atoms with Crippen molar-refractivity contribution in [1.82, 2.24) is 14.7 Å². The highest BCUT2D eigenvalue weighted by molar-refractivity contribution is 5.91. The smallest absolute Gasteiger partial charge is 0.322 e. The molecule has 1 aromatic heterocycles. The number of nitrogens with zero attached hydrogens (tertiary/aromatic N) is 3. The number of benzene rings is 1. The Morgan fingerprint density at radius 2 is 2.04 bits per heavy atom. The summed E-state index contributed by atoms with van der Waals surface area (Å²) in [5.74, 6) is 0.304. The summed E-state index contributed by atoms with van der Waals surface area (Å²) in [6, 6.07) is 9.57. The van der Waals surface area contributed by atoms with Gasteiger partial charge in [0.15, 0.2) is 0 Å². The number of para-hydroxylation sites is 1. The van der Waals surface area contributed by atoms with Crippen LogP contribution in [0.3, 0.4) is 0 Å². The number of likely N-dealkylation sites (tertiary alicyclic amines) is 1. The average Bonchev–Trinajstić information content (AvgIpc) is 2.90. The number of urea groups is 1. The summed E-state index contributed by atoms with van der Waals surface area (Å²) in [5.41, 5.74) is 3.37. The molecule has 2 amide bonds. The predicted molar refractivity (Wildman–Crippen MR) is 98.0 cm³/mol. The van der Waals surface area contributed by atoms with Crippen molar-refractivity contribution in [3.05, 3.63) is 41.7 Å². The van der Waals surface area contributed by atoms with Crippen LogP contribution in [0.25, 0.3) is 5.69 Å². The minimum absolute atomic E-state index is 0.00414. The van der Waals surface area contributed by atoms with Crippen molar-refractivity contribution in [2.24, 2.45) is 5.92 Å². The summed E-state index contributed by atoms with van der Waals surface area (Å²) < 4.78 is 1.84.